The summed E-state index contributed by atoms with van der Waals surface area (Å²) in [5, 5.41) is 24.2. The summed E-state index contributed by atoms with van der Waals surface area (Å²) in [6.45, 7) is -0.618. The number of ether oxygens (including phenoxy) is 3. The van der Waals surface area contributed by atoms with Crippen LogP contribution < -0.4 is 16.6 Å². The highest BCUT2D eigenvalue weighted by Gasteiger charge is 2.45. The van der Waals surface area contributed by atoms with Crippen molar-refractivity contribution in [1.82, 2.24) is 19.9 Å². The molecule has 2 aromatic carbocycles. The third-order valence-electron chi connectivity index (χ3n) is 6.81. The zero-order chi connectivity index (χ0) is 29.8. The average molecular weight is 583 g/mol. The maximum absolute atomic E-state index is 13.8. The fourth-order valence-electron chi connectivity index (χ4n) is 4.63. The molecule has 1 saturated heterocycles. The van der Waals surface area contributed by atoms with Crippen LogP contribution in [0.5, 0.6) is 0 Å². The number of amides is 1. The minimum Gasteiger partial charge on any atom is -0.461 e. The predicted octanol–water partition coefficient (Wildman–Crippen LogP) is 0.857. The number of nitrogens with one attached hydrogen (secondary N) is 3. The van der Waals surface area contributed by atoms with E-state index in [1.807, 2.05) is 30.3 Å². The van der Waals surface area contributed by atoms with Gasteiger partial charge in [-0.2, -0.15) is 4.39 Å². The van der Waals surface area contributed by atoms with E-state index < -0.39 is 66.3 Å². The van der Waals surface area contributed by atoms with Gasteiger partial charge in [-0.3, -0.25) is 14.3 Å². The molecule has 1 amide bonds. The monoisotopic (exact) mass is 582 g/mol. The summed E-state index contributed by atoms with van der Waals surface area (Å²) in [6.07, 6.45) is -4.86. The van der Waals surface area contributed by atoms with Gasteiger partial charge >= 0.3 is 17.8 Å². The second-order valence-corrected chi connectivity index (χ2v) is 9.64. The number of fused-ring (bicyclic) bond motifs is 1. The molecule has 220 valence electrons. The Morgan fingerprint density at radius 2 is 1.79 bits per heavy atom. The third-order valence-corrected chi connectivity index (χ3v) is 6.81. The van der Waals surface area contributed by atoms with E-state index in [0.29, 0.717) is 16.3 Å². The van der Waals surface area contributed by atoms with Gasteiger partial charge in [0, 0.05) is 23.5 Å². The van der Waals surface area contributed by atoms with Gasteiger partial charge in [0.05, 0.1) is 6.20 Å². The zero-order valence-electron chi connectivity index (χ0n) is 21.9. The molecule has 14 heteroatoms. The molecule has 0 saturated carbocycles. The lowest BCUT2D eigenvalue weighted by Crippen LogP contribution is -2.45. The Morgan fingerprint density at radius 1 is 1.05 bits per heavy atom. The Kier molecular flexibility index (Phi) is 8.47. The Labute approximate surface area is 236 Å². The number of benzene rings is 2. The van der Waals surface area contributed by atoms with Crippen molar-refractivity contribution in [2.75, 3.05) is 6.61 Å². The molecule has 5 atom stereocenters. The maximum atomic E-state index is 13.8. The number of carbonyl (C=O) groups is 2. The van der Waals surface area contributed by atoms with Crippen LogP contribution in [-0.4, -0.2) is 67.8 Å². The van der Waals surface area contributed by atoms with Gasteiger partial charge in [-0.1, -0.05) is 48.5 Å². The van der Waals surface area contributed by atoms with Crippen LogP contribution in [0.1, 0.15) is 17.4 Å². The first-order valence-electron chi connectivity index (χ1n) is 12.9. The van der Waals surface area contributed by atoms with Crippen LogP contribution in [0.2, 0.25) is 0 Å². The Hall–Kier alpha value is -4.79. The van der Waals surface area contributed by atoms with Crippen molar-refractivity contribution in [3.63, 3.8) is 0 Å². The van der Waals surface area contributed by atoms with E-state index >= 15 is 0 Å². The largest absolute Gasteiger partial charge is 0.461 e. The van der Waals surface area contributed by atoms with E-state index in [1.54, 1.807) is 35.4 Å². The molecule has 13 nitrogen and oxygen atoms in total. The number of aliphatic hydroxyl groups is 2. The van der Waals surface area contributed by atoms with Crippen LogP contribution in [0.3, 0.4) is 0 Å². The fourth-order valence-corrected chi connectivity index (χ4v) is 4.63. The van der Waals surface area contributed by atoms with Gasteiger partial charge in [0.25, 0.3) is 5.56 Å². The van der Waals surface area contributed by atoms with E-state index in [9.17, 15) is 33.8 Å². The number of aromatic nitrogens is 3. The molecule has 2 unspecified atom stereocenters. The SMILES string of the molecule is O=C(N[C@@H](Cc1c[nH]c2ccccc12)C(=O)OC[C@@H]1O[C@H](n2cc(F)c(=O)[nH]c2=O)C(O)C1O)OCc1ccccc1. The van der Waals surface area contributed by atoms with E-state index in [4.69, 9.17) is 14.2 Å². The van der Waals surface area contributed by atoms with Gasteiger partial charge in [0.15, 0.2) is 6.23 Å². The minimum absolute atomic E-state index is 0.0225. The standard InChI is InChI=1S/C28H27FN4O9/c29-18-12-33(27(38)32-24(18)36)25-23(35)22(34)21(42-25)14-40-26(37)20(10-16-11-30-19-9-5-4-8-17(16)19)31-28(39)41-13-15-6-2-1-3-7-15/h1-9,11-12,20-23,25,30,34-35H,10,13-14H2,(H,31,39)(H,32,36,38)/t20-,21-,22?,23?,25-/m0/s1. The molecule has 2 aromatic heterocycles. The van der Waals surface area contributed by atoms with Gasteiger partial charge in [-0.05, 0) is 17.2 Å². The molecule has 0 radical (unpaired) electrons. The van der Waals surface area contributed by atoms with Crippen LogP contribution in [0.4, 0.5) is 9.18 Å². The van der Waals surface area contributed by atoms with Crippen LogP contribution in [0.15, 0.2) is 76.6 Å². The molecule has 4 aromatic rings. The molecule has 1 fully saturated rings. The van der Waals surface area contributed by atoms with Crippen molar-refractivity contribution in [2.45, 2.75) is 43.6 Å². The number of hydrogen-bond acceptors (Lipinski definition) is 9. The van der Waals surface area contributed by atoms with Crippen LogP contribution in [0.25, 0.3) is 10.9 Å². The van der Waals surface area contributed by atoms with Crippen LogP contribution in [-0.2, 0) is 32.0 Å². The number of hydrogen-bond donors (Lipinski definition) is 5. The van der Waals surface area contributed by atoms with Gasteiger partial charge in [-0.15, -0.1) is 0 Å². The smallest absolute Gasteiger partial charge is 0.408 e. The number of aliphatic hydroxyl groups excluding tert-OH is 2. The number of alkyl carbamates (subject to hydrolysis) is 1. The normalized spacial score (nSPS) is 20.7. The highest BCUT2D eigenvalue weighted by atomic mass is 19.1. The van der Waals surface area contributed by atoms with Crippen molar-refractivity contribution in [3.05, 3.63) is 105 Å². The summed E-state index contributed by atoms with van der Waals surface area (Å²) < 4.78 is 30.5. The van der Waals surface area contributed by atoms with Crippen molar-refractivity contribution < 1.29 is 38.4 Å². The lowest BCUT2D eigenvalue weighted by Gasteiger charge is -2.20. The Bertz CT molecular complexity index is 1690. The molecule has 1 aliphatic rings. The maximum Gasteiger partial charge on any atom is 0.408 e. The predicted molar refractivity (Wildman–Crippen MR) is 144 cm³/mol. The molecule has 0 spiro atoms. The first-order chi connectivity index (χ1) is 20.2. The fraction of sp³-hybridized carbons (Fsp3) is 0.286. The lowest BCUT2D eigenvalue weighted by atomic mass is 10.1. The molecule has 5 rings (SSSR count). The van der Waals surface area contributed by atoms with E-state index in [2.05, 4.69) is 10.3 Å². The van der Waals surface area contributed by atoms with E-state index in [0.717, 1.165) is 16.5 Å². The topological polar surface area (TPSA) is 185 Å². The van der Waals surface area contributed by atoms with Gasteiger partial charge in [-0.25, -0.2) is 14.4 Å². The van der Waals surface area contributed by atoms with Gasteiger partial charge in [0.1, 0.15) is 37.6 Å². The summed E-state index contributed by atoms with van der Waals surface area (Å²) in [5.74, 6) is -2.20. The zero-order valence-corrected chi connectivity index (χ0v) is 21.9. The molecular formula is C28H27FN4O9. The number of halogens is 1. The summed E-state index contributed by atoms with van der Waals surface area (Å²) in [7, 11) is 0. The quantitative estimate of drug-likeness (QED) is 0.179. The van der Waals surface area contributed by atoms with E-state index in [-0.39, 0.29) is 13.0 Å². The summed E-state index contributed by atoms with van der Waals surface area (Å²) in [6, 6.07) is 15.1. The molecule has 42 heavy (non-hydrogen) atoms. The number of para-hydroxylation sites is 1. The molecule has 3 heterocycles. The second-order valence-electron chi connectivity index (χ2n) is 9.64. The first-order valence-corrected chi connectivity index (χ1v) is 12.9. The Morgan fingerprint density at radius 3 is 2.57 bits per heavy atom. The van der Waals surface area contributed by atoms with Crippen molar-refractivity contribution in [1.29, 1.82) is 0 Å². The van der Waals surface area contributed by atoms with Crippen LogP contribution >= 0.6 is 0 Å². The number of rotatable bonds is 9. The number of nitrogens with zero attached hydrogens (tertiary/aromatic N) is 1. The minimum atomic E-state index is -1.72. The highest BCUT2D eigenvalue weighted by molar-refractivity contribution is 5.86. The molecular weight excluding hydrogens is 555 g/mol. The average Bonchev–Trinajstić information content (AvgIpc) is 3.52. The molecule has 0 bridgehead atoms. The Balaban J connectivity index is 1.28. The number of esters is 1. The summed E-state index contributed by atoms with van der Waals surface area (Å²) in [5.41, 5.74) is -0.0609. The van der Waals surface area contributed by atoms with Crippen LogP contribution in [0, 0.1) is 5.82 Å². The molecule has 0 aliphatic carbocycles. The highest BCUT2D eigenvalue weighted by Crippen LogP contribution is 2.29. The van der Waals surface area contributed by atoms with Gasteiger partial charge < -0.3 is 34.7 Å². The molecule has 1 aliphatic heterocycles. The summed E-state index contributed by atoms with van der Waals surface area (Å²) >= 11 is 0. The first kappa shape index (κ1) is 28.7. The van der Waals surface area contributed by atoms with Gasteiger partial charge in [0.2, 0.25) is 5.82 Å². The second kappa shape index (κ2) is 12.4. The van der Waals surface area contributed by atoms with Crippen molar-refractivity contribution in [3.8, 4) is 0 Å². The lowest BCUT2D eigenvalue weighted by molar-refractivity contribution is -0.152. The van der Waals surface area contributed by atoms with E-state index in [1.165, 1.54) is 0 Å². The van der Waals surface area contributed by atoms with Crippen molar-refractivity contribution in [2.24, 2.45) is 0 Å². The van der Waals surface area contributed by atoms with Crippen molar-refractivity contribution >= 4 is 23.0 Å². The number of carbonyl (C=O) groups excluding carboxylic acids is 2. The number of aromatic amines is 2. The third kappa shape index (κ3) is 6.25. The molecule has 5 N–H and O–H groups in total. The summed E-state index contributed by atoms with van der Waals surface area (Å²) in [4.78, 5) is 54.1. The number of H-pyrrole nitrogens is 2.